The van der Waals surface area contributed by atoms with Gasteiger partial charge in [-0.1, -0.05) is 0 Å². The number of carboxylic acids is 1. The van der Waals surface area contributed by atoms with Crippen molar-refractivity contribution < 1.29 is 23.4 Å². The molecule has 0 atom stereocenters. The fourth-order valence-corrected chi connectivity index (χ4v) is 2.08. The van der Waals surface area contributed by atoms with E-state index in [0.717, 1.165) is 12.1 Å². The number of carboxylic acid groups (broad SMARTS) is 1. The number of rotatable bonds is 4. The summed E-state index contributed by atoms with van der Waals surface area (Å²) < 4.78 is 32.0. The lowest BCUT2D eigenvalue weighted by Gasteiger charge is -2.16. The number of carbonyl (C=O) groups is 1. The van der Waals surface area contributed by atoms with Crippen LogP contribution in [0.1, 0.15) is 24.8 Å². The lowest BCUT2D eigenvalue weighted by atomic mass is 9.91. The van der Waals surface area contributed by atoms with Crippen molar-refractivity contribution in [3.63, 3.8) is 0 Å². The van der Waals surface area contributed by atoms with Crippen LogP contribution < -0.4 is 4.74 Å². The SMILES string of the molecule is COc1cc(F)cc(C2(CC(=O)O)CC2)c1F. The van der Waals surface area contributed by atoms with Crippen LogP contribution in [0, 0.1) is 11.6 Å². The van der Waals surface area contributed by atoms with E-state index in [1.54, 1.807) is 0 Å². The van der Waals surface area contributed by atoms with Gasteiger partial charge < -0.3 is 9.84 Å². The van der Waals surface area contributed by atoms with Crippen LogP contribution in [0.2, 0.25) is 0 Å². The molecule has 1 aliphatic rings. The third-order valence-corrected chi connectivity index (χ3v) is 3.14. The summed E-state index contributed by atoms with van der Waals surface area (Å²) in [5, 5.41) is 8.79. The summed E-state index contributed by atoms with van der Waals surface area (Å²) in [6, 6.07) is 2.02. The molecule has 0 unspecified atom stereocenters. The van der Waals surface area contributed by atoms with E-state index in [1.807, 2.05) is 0 Å². The van der Waals surface area contributed by atoms with Gasteiger partial charge in [-0.05, 0) is 18.9 Å². The number of hydrogen-bond donors (Lipinski definition) is 1. The van der Waals surface area contributed by atoms with Crippen molar-refractivity contribution in [3.05, 3.63) is 29.3 Å². The molecule has 92 valence electrons. The monoisotopic (exact) mass is 242 g/mol. The number of hydrogen-bond acceptors (Lipinski definition) is 2. The van der Waals surface area contributed by atoms with E-state index in [1.165, 1.54) is 7.11 Å². The molecule has 3 nitrogen and oxygen atoms in total. The van der Waals surface area contributed by atoms with Gasteiger partial charge in [-0.2, -0.15) is 0 Å². The van der Waals surface area contributed by atoms with Gasteiger partial charge in [0.2, 0.25) is 0 Å². The molecule has 1 aromatic carbocycles. The average molecular weight is 242 g/mol. The van der Waals surface area contributed by atoms with Crippen LogP contribution in [0.25, 0.3) is 0 Å². The Hall–Kier alpha value is -1.65. The lowest BCUT2D eigenvalue weighted by Crippen LogP contribution is -2.15. The summed E-state index contributed by atoms with van der Waals surface area (Å²) >= 11 is 0. The third-order valence-electron chi connectivity index (χ3n) is 3.14. The van der Waals surface area contributed by atoms with Crippen molar-refractivity contribution in [2.45, 2.75) is 24.7 Å². The number of aliphatic carboxylic acids is 1. The minimum Gasteiger partial charge on any atom is -0.494 e. The van der Waals surface area contributed by atoms with Gasteiger partial charge in [0.1, 0.15) is 5.82 Å². The van der Waals surface area contributed by atoms with E-state index < -0.39 is 23.0 Å². The summed E-state index contributed by atoms with van der Waals surface area (Å²) in [5.74, 6) is -2.47. The highest BCUT2D eigenvalue weighted by atomic mass is 19.1. The van der Waals surface area contributed by atoms with Crippen LogP contribution >= 0.6 is 0 Å². The first kappa shape index (κ1) is 11.8. The first-order valence-corrected chi connectivity index (χ1v) is 5.24. The summed E-state index contributed by atoms with van der Waals surface area (Å²) in [7, 11) is 1.25. The highest BCUT2D eigenvalue weighted by Gasteiger charge is 2.48. The maximum Gasteiger partial charge on any atom is 0.304 e. The zero-order valence-electron chi connectivity index (χ0n) is 9.30. The number of methoxy groups -OCH3 is 1. The van der Waals surface area contributed by atoms with E-state index >= 15 is 0 Å². The average Bonchev–Trinajstić information content (AvgIpc) is 3.00. The number of ether oxygens (including phenoxy) is 1. The van der Waals surface area contributed by atoms with Crippen LogP contribution in [-0.2, 0) is 10.2 Å². The molecule has 0 amide bonds. The fourth-order valence-electron chi connectivity index (χ4n) is 2.08. The van der Waals surface area contributed by atoms with Gasteiger partial charge in [0.15, 0.2) is 11.6 Å². The summed E-state index contributed by atoms with van der Waals surface area (Å²) in [5.41, 5.74) is -0.651. The minimum absolute atomic E-state index is 0.108. The Balaban J connectivity index is 2.45. The molecule has 1 saturated carbocycles. The second kappa shape index (κ2) is 3.98. The van der Waals surface area contributed by atoms with Gasteiger partial charge in [0.25, 0.3) is 0 Å². The first-order valence-electron chi connectivity index (χ1n) is 5.24. The van der Waals surface area contributed by atoms with Crippen molar-refractivity contribution in [3.8, 4) is 5.75 Å². The molecule has 0 heterocycles. The summed E-state index contributed by atoms with van der Waals surface area (Å²) in [6.07, 6.45) is 0.933. The Morgan fingerprint density at radius 1 is 1.47 bits per heavy atom. The lowest BCUT2D eigenvalue weighted by molar-refractivity contribution is -0.137. The van der Waals surface area contributed by atoms with Crippen molar-refractivity contribution >= 4 is 5.97 Å². The number of halogens is 2. The Morgan fingerprint density at radius 2 is 2.12 bits per heavy atom. The van der Waals surface area contributed by atoms with Gasteiger partial charge in [-0.3, -0.25) is 4.79 Å². The van der Waals surface area contributed by atoms with Crippen LogP contribution in [0.15, 0.2) is 12.1 Å². The van der Waals surface area contributed by atoms with Crippen molar-refractivity contribution in [2.24, 2.45) is 0 Å². The predicted molar refractivity (Wildman–Crippen MR) is 56.1 cm³/mol. The predicted octanol–water partition coefficient (Wildman–Crippen LogP) is 2.48. The molecule has 0 aliphatic heterocycles. The van der Waals surface area contributed by atoms with Crippen LogP contribution in [0.5, 0.6) is 5.75 Å². The molecule has 5 heteroatoms. The van der Waals surface area contributed by atoms with Gasteiger partial charge in [-0.25, -0.2) is 8.78 Å². The smallest absolute Gasteiger partial charge is 0.304 e. The Kier molecular flexibility index (Phi) is 2.77. The van der Waals surface area contributed by atoms with Gasteiger partial charge in [-0.15, -0.1) is 0 Å². The second-order valence-corrected chi connectivity index (χ2v) is 4.32. The van der Waals surface area contributed by atoms with E-state index in [2.05, 4.69) is 0 Å². The van der Waals surface area contributed by atoms with Crippen LogP contribution in [0.3, 0.4) is 0 Å². The zero-order chi connectivity index (χ0) is 12.6. The highest BCUT2D eigenvalue weighted by Crippen LogP contribution is 2.52. The fraction of sp³-hybridized carbons (Fsp3) is 0.417. The van der Waals surface area contributed by atoms with Crippen LogP contribution in [0.4, 0.5) is 8.78 Å². The normalized spacial score (nSPS) is 16.6. The van der Waals surface area contributed by atoms with Crippen LogP contribution in [-0.4, -0.2) is 18.2 Å². The van der Waals surface area contributed by atoms with Crippen molar-refractivity contribution in [1.82, 2.24) is 0 Å². The number of benzene rings is 1. The minimum atomic E-state index is -1.01. The molecular formula is C12H12F2O3. The standard InChI is InChI=1S/C12H12F2O3/c1-17-9-5-7(13)4-8(11(9)14)12(2-3-12)6-10(15)16/h4-5H,2-3,6H2,1H3,(H,15,16). The topological polar surface area (TPSA) is 46.5 Å². The maximum atomic E-state index is 14.0. The van der Waals surface area contributed by atoms with E-state index in [0.29, 0.717) is 12.8 Å². The van der Waals surface area contributed by atoms with E-state index in [-0.39, 0.29) is 17.7 Å². The molecule has 0 spiro atoms. The zero-order valence-corrected chi connectivity index (χ0v) is 9.30. The molecule has 0 aromatic heterocycles. The van der Waals surface area contributed by atoms with Crippen molar-refractivity contribution in [2.75, 3.05) is 7.11 Å². The molecule has 1 N–H and O–H groups in total. The molecule has 2 rings (SSSR count). The molecule has 1 aliphatic carbocycles. The largest absolute Gasteiger partial charge is 0.494 e. The molecule has 17 heavy (non-hydrogen) atoms. The van der Waals surface area contributed by atoms with Gasteiger partial charge in [0.05, 0.1) is 13.5 Å². The van der Waals surface area contributed by atoms with Gasteiger partial charge in [0, 0.05) is 17.0 Å². The summed E-state index contributed by atoms with van der Waals surface area (Å²) in [6.45, 7) is 0. The Morgan fingerprint density at radius 3 is 2.59 bits per heavy atom. The highest BCUT2D eigenvalue weighted by molar-refractivity contribution is 5.70. The summed E-state index contributed by atoms with van der Waals surface area (Å²) in [4.78, 5) is 10.7. The Bertz CT molecular complexity index is 467. The van der Waals surface area contributed by atoms with Gasteiger partial charge >= 0.3 is 5.97 Å². The molecular weight excluding hydrogens is 230 g/mol. The molecule has 0 saturated heterocycles. The first-order chi connectivity index (χ1) is 7.98. The second-order valence-electron chi connectivity index (χ2n) is 4.32. The van der Waals surface area contributed by atoms with E-state index in [9.17, 15) is 13.6 Å². The molecule has 1 aromatic rings. The quantitative estimate of drug-likeness (QED) is 0.882. The Labute approximate surface area is 97.0 Å². The molecule has 0 radical (unpaired) electrons. The molecule has 1 fully saturated rings. The van der Waals surface area contributed by atoms with Crippen molar-refractivity contribution in [1.29, 1.82) is 0 Å². The van der Waals surface area contributed by atoms with E-state index in [4.69, 9.17) is 9.84 Å². The third kappa shape index (κ3) is 2.09. The molecule has 0 bridgehead atoms. The maximum absolute atomic E-state index is 14.0.